The van der Waals surface area contributed by atoms with E-state index in [0.717, 1.165) is 31.7 Å². The first-order chi connectivity index (χ1) is 13.8. The fourth-order valence-electron chi connectivity index (χ4n) is 3.40. The third-order valence-electron chi connectivity index (χ3n) is 5.30. The molecule has 1 atom stereocenters. The van der Waals surface area contributed by atoms with Gasteiger partial charge in [0.15, 0.2) is 5.78 Å². The number of anilines is 1. The van der Waals surface area contributed by atoms with Crippen LogP contribution in [-0.4, -0.2) is 53.7 Å². The molecule has 1 heterocycles. The molecule has 1 amide bonds. The second-order valence-corrected chi connectivity index (χ2v) is 7.75. The predicted molar refractivity (Wildman–Crippen MR) is 113 cm³/mol. The van der Waals surface area contributed by atoms with Gasteiger partial charge < -0.3 is 5.32 Å². The smallest absolute Gasteiger partial charge is 0.241 e. The third kappa shape index (κ3) is 5.63. The van der Waals surface area contributed by atoms with Crippen molar-refractivity contribution in [3.05, 3.63) is 64.4 Å². The number of nitrogens with one attached hydrogen (secondary N) is 1. The van der Waals surface area contributed by atoms with E-state index >= 15 is 0 Å². The summed E-state index contributed by atoms with van der Waals surface area (Å²) < 4.78 is 13.2. The number of benzene rings is 2. The van der Waals surface area contributed by atoms with Crippen molar-refractivity contribution in [1.82, 2.24) is 9.80 Å². The van der Waals surface area contributed by atoms with Crippen molar-refractivity contribution >= 4 is 29.0 Å². The van der Waals surface area contributed by atoms with Gasteiger partial charge in [0.2, 0.25) is 5.91 Å². The van der Waals surface area contributed by atoms with Gasteiger partial charge in [0.25, 0.3) is 0 Å². The van der Waals surface area contributed by atoms with Crippen LogP contribution in [0.1, 0.15) is 29.8 Å². The summed E-state index contributed by atoms with van der Waals surface area (Å²) in [6.07, 6.45) is 0. The summed E-state index contributed by atoms with van der Waals surface area (Å²) in [5.41, 5.74) is 2.20. The SMILES string of the molecule is CC(=O)c1ccc(NC(=O)C(C)N2CCN(Cc3ccc(F)cc3Cl)CC2)cc1. The molecule has 2 aromatic rings. The number of ketones is 1. The summed E-state index contributed by atoms with van der Waals surface area (Å²) in [5, 5.41) is 3.35. The highest BCUT2D eigenvalue weighted by atomic mass is 35.5. The van der Waals surface area contributed by atoms with E-state index in [0.29, 0.717) is 22.8 Å². The second-order valence-electron chi connectivity index (χ2n) is 7.35. The topological polar surface area (TPSA) is 52.7 Å². The van der Waals surface area contributed by atoms with E-state index in [2.05, 4.69) is 15.1 Å². The van der Waals surface area contributed by atoms with Crippen LogP contribution in [0.25, 0.3) is 0 Å². The second kappa shape index (κ2) is 9.48. The van der Waals surface area contributed by atoms with E-state index in [1.165, 1.54) is 19.1 Å². The van der Waals surface area contributed by atoms with Gasteiger partial charge in [0.05, 0.1) is 6.04 Å². The van der Waals surface area contributed by atoms with Crippen LogP contribution in [0.3, 0.4) is 0 Å². The number of amides is 1. The summed E-state index contributed by atoms with van der Waals surface area (Å²) in [4.78, 5) is 28.3. The average Bonchev–Trinajstić information content (AvgIpc) is 2.70. The molecule has 0 radical (unpaired) electrons. The first-order valence-corrected chi connectivity index (χ1v) is 10.0. The van der Waals surface area contributed by atoms with Gasteiger partial charge >= 0.3 is 0 Å². The Bertz CT molecular complexity index is 880. The van der Waals surface area contributed by atoms with Gasteiger partial charge in [-0.1, -0.05) is 17.7 Å². The Kier molecular flexibility index (Phi) is 7.00. The molecule has 0 saturated carbocycles. The maximum atomic E-state index is 13.2. The maximum absolute atomic E-state index is 13.2. The Morgan fingerprint density at radius 2 is 1.76 bits per heavy atom. The Morgan fingerprint density at radius 3 is 2.34 bits per heavy atom. The summed E-state index contributed by atoms with van der Waals surface area (Å²) >= 11 is 6.12. The number of halogens is 2. The van der Waals surface area contributed by atoms with E-state index < -0.39 is 0 Å². The van der Waals surface area contributed by atoms with E-state index in [-0.39, 0.29) is 23.5 Å². The van der Waals surface area contributed by atoms with Crippen LogP contribution in [0.5, 0.6) is 0 Å². The molecule has 0 aliphatic carbocycles. The number of hydrogen-bond acceptors (Lipinski definition) is 4. The first-order valence-electron chi connectivity index (χ1n) is 9.65. The number of nitrogens with zero attached hydrogens (tertiary/aromatic N) is 2. The van der Waals surface area contributed by atoms with Crippen LogP contribution < -0.4 is 5.32 Å². The molecule has 1 fully saturated rings. The average molecular weight is 418 g/mol. The fourth-order valence-corrected chi connectivity index (χ4v) is 3.63. The normalized spacial score (nSPS) is 16.4. The molecule has 2 aromatic carbocycles. The molecule has 5 nitrogen and oxygen atoms in total. The van der Waals surface area contributed by atoms with Crippen molar-refractivity contribution in [3.63, 3.8) is 0 Å². The minimum Gasteiger partial charge on any atom is -0.325 e. The number of Topliss-reactive ketones (excluding diaryl/α,β-unsaturated/α-hetero) is 1. The van der Waals surface area contributed by atoms with Gasteiger partial charge in [0, 0.05) is 49.0 Å². The number of hydrogen-bond donors (Lipinski definition) is 1. The summed E-state index contributed by atoms with van der Waals surface area (Å²) in [6, 6.07) is 11.1. The fraction of sp³-hybridized carbons (Fsp3) is 0.364. The molecule has 1 N–H and O–H groups in total. The van der Waals surface area contributed by atoms with E-state index in [1.54, 1.807) is 30.3 Å². The standard InChI is InChI=1S/C22H25ClFN3O2/c1-15(22(29)25-20-7-4-17(5-8-20)16(2)28)27-11-9-26(10-12-27)14-18-3-6-19(24)13-21(18)23/h3-8,13,15H,9-12,14H2,1-2H3,(H,25,29). The zero-order chi connectivity index (χ0) is 21.0. The molecule has 154 valence electrons. The molecule has 3 rings (SSSR count). The third-order valence-corrected chi connectivity index (χ3v) is 5.65. The van der Waals surface area contributed by atoms with Crippen LogP contribution in [0, 0.1) is 5.82 Å². The lowest BCUT2D eigenvalue weighted by Crippen LogP contribution is -2.52. The first kappa shape index (κ1) is 21.4. The van der Waals surface area contributed by atoms with Crippen LogP contribution >= 0.6 is 11.6 Å². The zero-order valence-corrected chi connectivity index (χ0v) is 17.4. The number of carbonyl (C=O) groups excluding carboxylic acids is 2. The van der Waals surface area contributed by atoms with Gasteiger partial charge in [-0.3, -0.25) is 19.4 Å². The van der Waals surface area contributed by atoms with Crippen molar-refractivity contribution < 1.29 is 14.0 Å². The highest BCUT2D eigenvalue weighted by Crippen LogP contribution is 2.20. The number of piperazine rings is 1. The Morgan fingerprint density at radius 1 is 1.10 bits per heavy atom. The van der Waals surface area contributed by atoms with E-state index in [4.69, 9.17) is 11.6 Å². The molecule has 1 aliphatic heterocycles. The van der Waals surface area contributed by atoms with Crippen LogP contribution in [0.4, 0.5) is 10.1 Å². The molecule has 29 heavy (non-hydrogen) atoms. The van der Waals surface area contributed by atoms with Gasteiger partial charge in [-0.05, 0) is 55.8 Å². The molecule has 0 spiro atoms. The summed E-state index contributed by atoms with van der Waals surface area (Å²) in [5.74, 6) is -0.411. The highest BCUT2D eigenvalue weighted by Gasteiger charge is 2.26. The van der Waals surface area contributed by atoms with E-state index in [1.807, 2.05) is 6.92 Å². The van der Waals surface area contributed by atoms with Gasteiger partial charge in [0.1, 0.15) is 5.82 Å². The zero-order valence-electron chi connectivity index (χ0n) is 16.6. The minimum atomic E-state index is -0.334. The van der Waals surface area contributed by atoms with Crippen LogP contribution in [-0.2, 0) is 11.3 Å². The summed E-state index contributed by atoms with van der Waals surface area (Å²) in [6.45, 7) is 7.20. The largest absolute Gasteiger partial charge is 0.325 e. The van der Waals surface area contributed by atoms with Crippen molar-refractivity contribution in [2.45, 2.75) is 26.4 Å². The maximum Gasteiger partial charge on any atom is 0.241 e. The van der Waals surface area contributed by atoms with Crippen LogP contribution in [0.2, 0.25) is 5.02 Å². The Hall–Kier alpha value is -2.28. The lowest BCUT2D eigenvalue weighted by atomic mass is 10.1. The minimum absolute atomic E-state index is 0.00367. The molecule has 1 saturated heterocycles. The number of carbonyl (C=O) groups is 2. The van der Waals surface area contributed by atoms with Crippen molar-refractivity contribution in [1.29, 1.82) is 0 Å². The van der Waals surface area contributed by atoms with Crippen molar-refractivity contribution in [2.75, 3.05) is 31.5 Å². The molecular weight excluding hydrogens is 393 g/mol. The summed E-state index contributed by atoms with van der Waals surface area (Å²) in [7, 11) is 0. The molecule has 0 aromatic heterocycles. The lowest BCUT2D eigenvalue weighted by molar-refractivity contribution is -0.121. The predicted octanol–water partition coefficient (Wildman–Crippen LogP) is 3.83. The Labute approximate surface area is 175 Å². The molecule has 7 heteroatoms. The van der Waals surface area contributed by atoms with E-state index in [9.17, 15) is 14.0 Å². The highest BCUT2D eigenvalue weighted by molar-refractivity contribution is 6.31. The van der Waals surface area contributed by atoms with Crippen molar-refractivity contribution in [3.8, 4) is 0 Å². The number of rotatable bonds is 6. The van der Waals surface area contributed by atoms with Crippen molar-refractivity contribution in [2.24, 2.45) is 0 Å². The van der Waals surface area contributed by atoms with Gasteiger partial charge in [-0.15, -0.1) is 0 Å². The lowest BCUT2D eigenvalue weighted by Gasteiger charge is -2.37. The monoisotopic (exact) mass is 417 g/mol. The molecule has 0 bridgehead atoms. The van der Waals surface area contributed by atoms with Gasteiger partial charge in [-0.2, -0.15) is 0 Å². The van der Waals surface area contributed by atoms with Gasteiger partial charge in [-0.25, -0.2) is 4.39 Å². The molecular formula is C22H25ClFN3O2. The Balaban J connectivity index is 1.50. The van der Waals surface area contributed by atoms with Crippen LogP contribution in [0.15, 0.2) is 42.5 Å². The molecule has 1 aliphatic rings. The molecule has 1 unspecified atom stereocenters. The quantitative estimate of drug-likeness (QED) is 0.726.